The van der Waals surface area contributed by atoms with E-state index in [4.69, 9.17) is 9.26 Å². The Morgan fingerprint density at radius 1 is 1.10 bits per heavy atom. The molecule has 2 unspecified atom stereocenters. The summed E-state index contributed by atoms with van der Waals surface area (Å²) in [6.45, 7) is 7.82. The SMILES string of the molecule is COc1ccc(-c2noc(N3CCC(C(=O)N4CC(C)CC(C)C4)CC3)n2)cc1. The number of anilines is 1. The van der Waals surface area contributed by atoms with Gasteiger partial charge in [0.15, 0.2) is 0 Å². The maximum Gasteiger partial charge on any atom is 0.324 e. The Balaban J connectivity index is 1.35. The first-order chi connectivity index (χ1) is 14.0. The van der Waals surface area contributed by atoms with Gasteiger partial charge in [-0.05, 0) is 55.4 Å². The smallest absolute Gasteiger partial charge is 0.324 e. The van der Waals surface area contributed by atoms with Crippen molar-refractivity contribution in [3.8, 4) is 17.1 Å². The highest BCUT2D eigenvalue weighted by molar-refractivity contribution is 5.79. The number of ether oxygens (including phenoxy) is 1. The van der Waals surface area contributed by atoms with Gasteiger partial charge in [0, 0.05) is 37.7 Å². The molecule has 7 nitrogen and oxygen atoms in total. The summed E-state index contributed by atoms with van der Waals surface area (Å²) in [7, 11) is 1.64. The second-order valence-electron chi connectivity index (χ2n) is 8.58. The van der Waals surface area contributed by atoms with Crippen LogP contribution >= 0.6 is 0 Å². The fraction of sp³-hybridized carbons (Fsp3) is 0.591. The van der Waals surface area contributed by atoms with Gasteiger partial charge in [-0.25, -0.2) is 0 Å². The van der Waals surface area contributed by atoms with E-state index in [0.717, 1.165) is 50.3 Å². The van der Waals surface area contributed by atoms with Crippen molar-refractivity contribution in [3.63, 3.8) is 0 Å². The molecule has 1 amide bonds. The molecule has 2 aromatic rings. The predicted molar refractivity (Wildman–Crippen MR) is 111 cm³/mol. The lowest BCUT2D eigenvalue weighted by atomic mass is 9.89. The molecule has 0 saturated carbocycles. The van der Waals surface area contributed by atoms with E-state index < -0.39 is 0 Å². The molecule has 1 aromatic carbocycles. The largest absolute Gasteiger partial charge is 0.497 e. The molecule has 2 fully saturated rings. The number of aromatic nitrogens is 2. The number of carbonyl (C=O) groups is 1. The zero-order chi connectivity index (χ0) is 20.4. The van der Waals surface area contributed by atoms with Crippen LogP contribution in [0.15, 0.2) is 28.8 Å². The van der Waals surface area contributed by atoms with E-state index in [-0.39, 0.29) is 5.92 Å². The second kappa shape index (κ2) is 8.43. The summed E-state index contributed by atoms with van der Waals surface area (Å²) in [5.41, 5.74) is 0.888. The molecule has 2 saturated heterocycles. The molecule has 1 aromatic heterocycles. The molecule has 29 heavy (non-hydrogen) atoms. The van der Waals surface area contributed by atoms with Crippen LogP contribution in [-0.2, 0) is 4.79 Å². The molecule has 3 heterocycles. The molecule has 156 valence electrons. The normalized spacial score (nSPS) is 23.3. The number of rotatable bonds is 4. The van der Waals surface area contributed by atoms with Crippen molar-refractivity contribution in [3.05, 3.63) is 24.3 Å². The highest BCUT2D eigenvalue weighted by Gasteiger charge is 2.33. The number of carbonyl (C=O) groups excluding carboxylic acids is 1. The molecule has 0 radical (unpaired) electrons. The van der Waals surface area contributed by atoms with Crippen LogP contribution < -0.4 is 9.64 Å². The van der Waals surface area contributed by atoms with Gasteiger partial charge in [0.25, 0.3) is 0 Å². The van der Waals surface area contributed by atoms with Crippen LogP contribution in [0.3, 0.4) is 0 Å². The van der Waals surface area contributed by atoms with Crippen LogP contribution in [0.4, 0.5) is 6.01 Å². The van der Waals surface area contributed by atoms with Gasteiger partial charge in [0.1, 0.15) is 5.75 Å². The number of methoxy groups -OCH3 is 1. The molecule has 2 aliphatic heterocycles. The van der Waals surface area contributed by atoms with Gasteiger partial charge in [-0.2, -0.15) is 4.98 Å². The predicted octanol–water partition coefficient (Wildman–Crippen LogP) is 3.47. The third kappa shape index (κ3) is 4.38. The Labute approximate surface area is 172 Å². The van der Waals surface area contributed by atoms with E-state index in [2.05, 4.69) is 33.8 Å². The Morgan fingerprint density at radius 2 is 1.76 bits per heavy atom. The van der Waals surface area contributed by atoms with Crippen LogP contribution in [0, 0.1) is 17.8 Å². The highest BCUT2D eigenvalue weighted by atomic mass is 16.5. The highest BCUT2D eigenvalue weighted by Crippen LogP contribution is 2.28. The van der Waals surface area contributed by atoms with E-state index >= 15 is 0 Å². The fourth-order valence-corrected chi connectivity index (χ4v) is 4.62. The minimum atomic E-state index is 0.104. The van der Waals surface area contributed by atoms with Crippen molar-refractivity contribution in [1.82, 2.24) is 15.0 Å². The van der Waals surface area contributed by atoms with Crippen molar-refractivity contribution < 1.29 is 14.1 Å². The van der Waals surface area contributed by atoms with E-state index in [0.29, 0.717) is 29.6 Å². The number of piperidine rings is 2. The molecule has 7 heteroatoms. The van der Waals surface area contributed by atoms with E-state index in [1.807, 2.05) is 24.3 Å². The van der Waals surface area contributed by atoms with Gasteiger partial charge in [-0.1, -0.05) is 19.0 Å². The van der Waals surface area contributed by atoms with Crippen LogP contribution in [0.25, 0.3) is 11.4 Å². The first-order valence-electron chi connectivity index (χ1n) is 10.6. The first kappa shape index (κ1) is 19.7. The van der Waals surface area contributed by atoms with Gasteiger partial charge in [-0.15, -0.1) is 0 Å². The molecular formula is C22H30N4O3. The monoisotopic (exact) mass is 398 g/mol. The Morgan fingerprint density at radius 3 is 2.38 bits per heavy atom. The van der Waals surface area contributed by atoms with Gasteiger partial charge < -0.3 is 19.1 Å². The lowest BCUT2D eigenvalue weighted by molar-refractivity contribution is -0.138. The summed E-state index contributed by atoms with van der Waals surface area (Å²) < 4.78 is 10.7. The summed E-state index contributed by atoms with van der Waals surface area (Å²) in [6, 6.07) is 8.12. The molecule has 2 atom stereocenters. The summed E-state index contributed by atoms with van der Waals surface area (Å²) in [4.78, 5) is 21.7. The molecular weight excluding hydrogens is 368 g/mol. The first-order valence-corrected chi connectivity index (χ1v) is 10.6. The van der Waals surface area contributed by atoms with E-state index in [9.17, 15) is 4.79 Å². The Hall–Kier alpha value is -2.57. The zero-order valence-electron chi connectivity index (χ0n) is 17.5. The second-order valence-corrected chi connectivity index (χ2v) is 8.58. The average molecular weight is 399 g/mol. The van der Waals surface area contributed by atoms with Gasteiger partial charge >= 0.3 is 6.01 Å². The van der Waals surface area contributed by atoms with Crippen LogP contribution in [0.1, 0.15) is 33.1 Å². The number of hydrogen-bond acceptors (Lipinski definition) is 6. The number of hydrogen-bond donors (Lipinski definition) is 0. The lowest BCUT2D eigenvalue weighted by Gasteiger charge is -2.38. The number of likely N-dealkylation sites (tertiary alicyclic amines) is 1. The zero-order valence-corrected chi connectivity index (χ0v) is 17.5. The Bertz CT molecular complexity index is 817. The average Bonchev–Trinajstić information content (AvgIpc) is 3.23. The maximum absolute atomic E-state index is 13.0. The summed E-state index contributed by atoms with van der Waals surface area (Å²) in [6.07, 6.45) is 2.88. The molecule has 0 N–H and O–H groups in total. The molecule has 0 bridgehead atoms. The van der Waals surface area contributed by atoms with Crippen molar-refractivity contribution in [1.29, 1.82) is 0 Å². The molecule has 2 aliphatic rings. The molecule has 0 spiro atoms. The minimum absolute atomic E-state index is 0.104. The van der Waals surface area contributed by atoms with Crippen LogP contribution in [0.5, 0.6) is 5.75 Å². The third-order valence-electron chi connectivity index (χ3n) is 6.06. The summed E-state index contributed by atoms with van der Waals surface area (Å²) in [5.74, 6) is 2.98. The van der Waals surface area contributed by atoms with Crippen LogP contribution in [0.2, 0.25) is 0 Å². The standard InChI is InChI=1S/C22H30N4O3/c1-15-12-16(2)14-26(13-15)21(27)18-8-10-25(11-9-18)22-23-20(24-29-22)17-4-6-19(28-3)7-5-17/h4-7,15-16,18H,8-14H2,1-3H3. The van der Waals surface area contributed by atoms with Crippen LogP contribution in [-0.4, -0.2) is 54.2 Å². The van der Waals surface area contributed by atoms with Gasteiger partial charge in [0.05, 0.1) is 7.11 Å². The third-order valence-corrected chi connectivity index (χ3v) is 6.06. The number of benzene rings is 1. The van der Waals surface area contributed by atoms with Crippen molar-refractivity contribution in [2.45, 2.75) is 33.1 Å². The summed E-state index contributed by atoms with van der Waals surface area (Å²) in [5, 5.41) is 4.12. The minimum Gasteiger partial charge on any atom is -0.497 e. The maximum atomic E-state index is 13.0. The van der Waals surface area contributed by atoms with E-state index in [1.54, 1.807) is 7.11 Å². The van der Waals surface area contributed by atoms with Crippen molar-refractivity contribution >= 4 is 11.9 Å². The quantitative estimate of drug-likeness (QED) is 0.785. The number of nitrogens with zero attached hydrogens (tertiary/aromatic N) is 4. The fourth-order valence-electron chi connectivity index (χ4n) is 4.62. The molecule has 0 aliphatic carbocycles. The Kier molecular flexibility index (Phi) is 5.74. The van der Waals surface area contributed by atoms with Crippen molar-refractivity contribution in [2.24, 2.45) is 17.8 Å². The topological polar surface area (TPSA) is 71.7 Å². The van der Waals surface area contributed by atoms with Crippen molar-refractivity contribution in [2.75, 3.05) is 38.2 Å². The molecule has 4 rings (SSSR count). The van der Waals surface area contributed by atoms with Gasteiger partial charge in [-0.3, -0.25) is 4.79 Å². The lowest BCUT2D eigenvalue weighted by Crippen LogP contribution is -2.47. The van der Waals surface area contributed by atoms with Gasteiger partial charge in [0.2, 0.25) is 11.7 Å². The van der Waals surface area contributed by atoms with E-state index in [1.165, 1.54) is 6.42 Å². The summed E-state index contributed by atoms with van der Waals surface area (Å²) >= 11 is 0. The number of amides is 1.